The van der Waals surface area contributed by atoms with Crippen molar-refractivity contribution in [2.24, 2.45) is 0 Å². The van der Waals surface area contributed by atoms with E-state index >= 15 is 0 Å². The lowest BCUT2D eigenvalue weighted by atomic mass is 10.2. The second-order valence-corrected chi connectivity index (χ2v) is 4.92. The molecule has 3 rings (SSSR count). The first kappa shape index (κ1) is 15.4. The van der Waals surface area contributed by atoms with Crippen molar-refractivity contribution in [3.05, 3.63) is 71.7 Å². The van der Waals surface area contributed by atoms with Crippen molar-refractivity contribution in [3.63, 3.8) is 0 Å². The van der Waals surface area contributed by atoms with Crippen molar-refractivity contribution in [1.29, 1.82) is 5.26 Å². The van der Waals surface area contributed by atoms with Crippen LogP contribution in [0.1, 0.15) is 11.1 Å². The molecule has 118 valence electrons. The third-order valence-electron chi connectivity index (χ3n) is 3.25. The highest BCUT2D eigenvalue weighted by molar-refractivity contribution is 5.55. The Kier molecular flexibility index (Phi) is 4.58. The lowest BCUT2D eigenvalue weighted by Crippen LogP contribution is -2.06. The maximum atomic E-state index is 13.6. The van der Waals surface area contributed by atoms with Crippen LogP contribution < -0.4 is 10.6 Å². The standard InChI is InChI=1S/C17H13FN6/c18-15-4-2-1-3-13(15)10-20-16-11-21-24-17(23-16)22-14-7-5-12(9-19)6-8-14/h1-8,11H,10H2,(H2,20,22,23,24). The van der Waals surface area contributed by atoms with Gasteiger partial charge in [-0.15, -0.1) is 5.10 Å². The van der Waals surface area contributed by atoms with Gasteiger partial charge in [0.1, 0.15) is 5.82 Å². The van der Waals surface area contributed by atoms with E-state index in [4.69, 9.17) is 5.26 Å². The van der Waals surface area contributed by atoms with E-state index in [1.807, 2.05) is 0 Å². The number of nitriles is 1. The molecule has 24 heavy (non-hydrogen) atoms. The number of aromatic nitrogens is 3. The Morgan fingerprint density at radius 2 is 1.88 bits per heavy atom. The van der Waals surface area contributed by atoms with Gasteiger partial charge in [-0.05, 0) is 30.3 Å². The van der Waals surface area contributed by atoms with Gasteiger partial charge in [0.05, 0.1) is 17.8 Å². The van der Waals surface area contributed by atoms with Gasteiger partial charge < -0.3 is 10.6 Å². The summed E-state index contributed by atoms with van der Waals surface area (Å²) in [5.41, 5.74) is 1.85. The fourth-order valence-electron chi connectivity index (χ4n) is 2.03. The fourth-order valence-corrected chi connectivity index (χ4v) is 2.03. The highest BCUT2D eigenvalue weighted by Crippen LogP contribution is 2.15. The largest absolute Gasteiger partial charge is 0.364 e. The molecule has 1 heterocycles. The van der Waals surface area contributed by atoms with E-state index in [-0.39, 0.29) is 5.82 Å². The van der Waals surface area contributed by atoms with Gasteiger partial charge in [0.25, 0.3) is 0 Å². The average Bonchev–Trinajstić information content (AvgIpc) is 2.62. The SMILES string of the molecule is N#Cc1ccc(Nc2nncc(NCc3ccccc3F)n2)cc1. The van der Waals surface area contributed by atoms with Gasteiger partial charge in [-0.3, -0.25) is 0 Å². The maximum Gasteiger partial charge on any atom is 0.249 e. The summed E-state index contributed by atoms with van der Waals surface area (Å²) in [5.74, 6) is 0.505. The zero-order chi connectivity index (χ0) is 16.8. The molecule has 0 saturated carbocycles. The van der Waals surface area contributed by atoms with Gasteiger partial charge in [0, 0.05) is 17.8 Å². The Morgan fingerprint density at radius 3 is 2.62 bits per heavy atom. The van der Waals surface area contributed by atoms with Crippen LogP contribution in [0.4, 0.5) is 21.8 Å². The Balaban J connectivity index is 1.67. The summed E-state index contributed by atoms with van der Waals surface area (Å²) in [6, 6.07) is 15.5. The van der Waals surface area contributed by atoms with Crippen LogP contribution in [-0.2, 0) is 6.54 Å². The van der Waals surface area contributed by atoms with E-state index in [2.05, 4.69) is 31.9 Å². The number of rotatable bonds is 5. The Bertz CT molecular complexity index is 873. The zero-order valence-corrected chi connectivity index (χ0v) is 12.6. The topological polar surface area (TPSA) is 86.5 Å². The Labute approximate surface area is 138 Å². The van der Waals surface area contributed by atoms with Crippen molar-refractivity contribution in [3.8, 4) is 6.07 Å². The number of hydrogen-bond donors (Lipinski definition) is 2. The van der Waals surface area contributed by atoms with Crippen LogP contribution in [0.3, 0.4) is 0 Å². The van der Waals surface area contributed by atoms with Crippen molar-refractivity contribution < 1.29 is 4.39 Å². The number of nitrogens with zero attached hydrogens (tertiary/aromatic N) is 4. The first-order valence-electron chi connectivity index (χ1n) is 7.19. The van der Waals surface area contributed by atoms with Crippen molar-refractivity contribution in [2.75, 3.05) is 10.6 Å². The zero-order valence-electron chi connectivity index (χ0n) is 12.6. The van der Waals surface area contributed by atoms with Crippen molar-refractivity contribution in [2.45, 2.75) is 6.54 Å². The fraction of sp³-hybridized carbons (Fsp3) is 0.0588. The van der Waals surface area contributed by atoms with Crippen LogP contribution >= 0.6 is 0 Å². The van der Waals surface area contributed by atoms with E-state index in [0.717, 1.165) is 5.69 Å². The molecule has 2 N–H and O–H groups in total. The van der Waals surface area contributed by atoms with Crippen molar-refractivity contribution >= 4 is 17.5 Å². The molecule has 7 heteroatoms. The van der Waals surface area contributed by atoms with Crippen LogP contribution in [0.5, 0.6) is 0 Å². The number of halogens is 1. The van der Waals surface area contributed by atoms with E-state index in [1.165, 1.54) is 12.3 Å². The first-order chi connectivity index (χ1) is 11.7. The number of nitrogens with one attached hydrogen (secondary N) is 2. The van der Waals surface area contributed by atoms with E-state index in [1.54, 1.807) is 42.5 Å². The predicted molar refractivity (Wildman–Crippen MR) is 88.0 cm³/mol. The van der Waals surface area contributed by atoms with Gasteiger partial charge >= 0.3 is 0 Å². The predicted octanol–water partition coefficient (Wildman–Crippen LogP) is 3.24. The lowest BCUT2D eigenvalue weighted by Gasteiger charge is -2.08. The molecule has 0 radical (unpaired) electrons. The third-order valence-corrected chi connectivity index (χ3v) is 3.25. The molecule has 0 aliphatic rings. The molecule has 2 aromatic carbocycles. The minimum absolute atomic E-state index is 0.275. The summed E-state index contributed by atoms with van der Waals surface area (Å²) in [6.07, 6.45) is 1.46. The highest BCUT2D eigenvalue weighted by atomic mass is 19.1. The maximum absolute atomic E-state index is 13.6. The summed E-state index contributed by atoms with van der Waals surface area (Å²) >= 11 is 0. The molecule has 0 unspecified atom stereocenters. The Morgan fingerprint density at radius 1 is 1.08 bits per heavy atom. The molecule has 0 aliphatic heterocycles. The van der Waals surface area contributed by atoms with Crippen molar-refractivity contribution in [1.82, 2.24) is 15.2 Å². The monoisotopic (exact) mass is 320 g/mol. The van der Waals surface area contributed by atoms with E-state index in [0.29, 0.717) is 29.4 Å². The summed E-state index contributed by atoms with van der Waals surface area (Å²) in [7, 11) is 0. The van der Waals surface area contributed by atoms with Crippen LogP contribution in [-0.4, -0.2) is 15.2 Å². The molecule has 6 nitrogen and oxygen atoms in total. The summed E-state index contributed by atoms with van der Waals surface area (Å²) in [4.78, 5) is 4.27. The minimum Gasteiger partial charge on any atom is -0.364 e. The normalized spacial score (nSPS) is 10.0. The van der Waals surface area contributed by atoms with Gasteiger partial charge in [0.15, 0.2) is 5.82 Å². The van der Waals surface area contributed by atoms with Gasteiger partial charge in [-0.1, -0.05) is 18.2 Å². The van der Waals surface area contributed by atoms with Gasteiger partial charge in [-0.25, -0.2) is 4.39 Å². The van der Waals surface area contributed by atoms with E-state index < -0.39 is 0 Å². The summed E-state index contributed by atoms with van der Waals surface area (Å²) in [6.45, 7) is 0.293. The molecule has 0 fully saturated rings. The number of anilines is 3. The Hall–Kier alpha value is -3.53. The second kappa shape index (κ2) is 7.15. The minimum atomic E-state index is -0.275. The van der Waals surface area contributed by atoms with Crippen LogP contribution in [0.2, 0.25) is 0 Å². The molecule has 0 spiro atoms. The van der Waals surface area contributed by atoms with Gasteiger partial charge in [0.2, 0.25) is 5.95 Å². The second-order valence-electron chi connectivity index (χ2n) is 4.92. The summed E-state index contributed by atoms with van der Waals surface area (Å²) < 4.78 is 13.6. The molecule has 1 aromatic heterocycles. The van der Waals surface area contributed by atoms with Crippen LogP contribution in [0.25, 0.3) is 0 Å². The number of benzene rings is 2. The molecule has 0 aliphatic carbocycles. The lowest BCUT2D eigenvalue weighted by molar-refractivity contribution is 0.613. The van der Waals surface area contributed by atoms with Crippen LogP contribution in [0, 0.1) is 17.1 Å². The molecule has 0 atom stereocenters. The first-order valence-corrected chi connectivity index (χ1v) is 7.19. The average molecular weight is 320 g/mol. The summed E-state index contributed by atoms with van der Waals surface area (Å²) in [5, 5.41) is 22.6. The molecular weight excluding hydrogens is 307 g/mol. The smallest absolute Gasteiger partial charge is 0.249 e. The molecule has 3 aromatic rings. The quantitative estimate of drug-likeness (QED) is 0.750. The van der Waals surface area contributed by atoms with E-state index in [9.17, 15) is 4.39 Å². The molecule has 0 amide bonds. The third kappa shape index (κ3) is 3.81. The highest BCUT2D eigenvalue weighted by Gasteiger charge is 2.04. The van der Waals surface area contributed by atoms with Crippen LogP contribution in [0.15, 0.2) is 54.7 Å². The number of hydrogen-bond acceptors (Lipinski definition) is 6. The van der Waals surface area contributed by atoms with Gasteiger partial charge in [-0.2, -0.15) is 15.3 Å². The molecule has 0 bridgehead atoms. The molecule has 0 saturated heterocycles. The molecular formula is C17H13FN6.